The van der Waals surface area contributed by atoms with Gasteiger partial charge in [0.2, 0.25) is 0 Å². The summed E-state index contributed by atoms with van der Waals surface area (Å²) in [5.74, 6) is 0. The van der Waals surface area contributed by atoms with Crippen LogP contribution < -0.4 is 0 Å². The van der Waals surface area contributed by atoms with Gasteiger partial charge >= 0.3 is 0 Å². The quantitative estimate of drug-likeness (QED) is 0.170. The van der Waals surface area contributed by atoms with Gasteiger partial charge in [-0.05, 0) is 152 Å². The Morgan fingerprint density at radius 3 is 1.52 bits per heavy atom. The maximum atomic E-state index is 2.52. The molecule has 50 heavy (non-hydrogen) atoms. The first kappa shape index (κ1) is 27.7. The average molecular weight is 633 g/mol. The van der Waals surface area contributed by atoms with Crippen molar-refractivity contribution < 1.29 is 0 Å². The van der Waals surface area contributed by atoms with E-state index in [2.05, 4.69) is 172 Å². The summed E-state index contributed by atoms with van der Waals surface area (Å²) in [4.78, 5) is 0. The minimum atomic E-state index is 1.25. The van der Waals surface area contributed by atoms with E-state index < -0.39 is 0 Å². The second-order valence-corrected chi connectivity index (χ2v) is 14.0. The lowest BCUT2D eigenvalue weighted by Crippen LogP contribution is -1.91. The molecule has 0 aliphatic rings. The van der Waals surface area contributed by atoms with Crippen LogP contribution in [0.15, 0.2) is 158 Å². The summed E-state index contributed by atoms with van der Waals surface area (Å²) >= 11 is 0. The van der Waals surface area contributed by atoms with E-state index >= 15 is 0 Å². The van der Waals surface area contributed by atoms with Crippen LogP contribution in [0.4, 0.5) is 0 Å². The van der Waals surface area contributed by atoms with Crippen LogP contribution in [-0.4, -0.2) is 0 Å². The van der Waals surface area contributed by atoms with E-state index in [-0.39, 0.29) is 0 Å². The van der Waals surface area contributed by atoms with Crippen molar-refractivity contribution in [3.8, 4) is 33.4 Å². The Balaban J connectivity index is 1.48. The van der Waals surface area contributed by atoms with Gasteiger partial charge in [0.15, 0.2) is 0 Å². The summed E-state index contributed by atoms with van der Waals surface area (Å²) in [6.45, 7) is 4.49. The highest BCUT2D eigenvalue weighted by Gasteiger charge is 2.26. The lowest BCUT2D eigenvalue weighted by molar-refractivity contribution is 1.38. The van der Waals surface area contributed by atoms with Crippen molar-refractivity contribution in [1.29, 1.82) is 0 Å². The van der Waals surface area contributed by atoms with Crippen molar-refractivity contribution >= 4 is 75.4 Å². The highest BCUT2D eigenvalue weighted by molar-refractivity contribution is 6.45. The second kappa shape index (κ2) is 10.1. The van der Waals surface area contributed by atoms with Crippen LogP contribution in [0, 0.1) is 13.8 Å². The average Bonchev–Trinajstić information content (AvgIpc) is 3.66. The van der Waals surface area contributed by atoms with Crippen molar-refractivity contribution in [1.82, 2.24) is 0 Å². The van der Waals surface area contributed by atoms with Crippen LogP contribution >= 0.6 is 0 Å². The molecule has 232 valence electrons. The Morgan fingerprint density at radius 2 is 0.800 bits per heavy atom. The van der Waals surface area contributed by atoms with E-state index in [4.69, 9.17) is 0 Å². The smallest absolute Gasteiger partial charge is 0.000697 e. The molecule has 0 heteroatoms. The molecule has 0 amide bonds. The summed E-state index contributed by atoms with van der Waals surface area (Å²) in [7, 11) is 0. The number of benzene rings is 9. The third-order valence-corrected chi connectivity index (χ3v) is 11.3. The van der Waals surface area contributed by atoms with Crippen molar-refractivity contribution in [3.05, 3.63) is 169 Å². The number of hydrogen-bond acceptors (Lipinski definition) is 0. The van der Waals surface area contributed by atoms with Crippen molar-refractivity contribution in [3.63, 3.8) is 0 Å². The molecule has 0 aliphatic heterocycles. The van der Waals surface area contributed by atoms with E-state index in [0.717, 1.165) is 0 Å². The van der Waals surface area contributed by atoms with E-state index in [1.54, 1.807) is 0 Å². The number of aryl methyl sites for hydroxylation is 2. The number of fused-ring (bicyclic) bond motifs is 8. The van der Waals surface area contributed by atoms with Gasteiger partial charge in [-0.25, -0.2) is 0 Å². The van der Waals surface area contributed by atoms with Crippen LogP contribution in [0.5, 0.6) is 0 Å². The number of hydrogen-bond donors (Lipinski definition) is 0. The third-order valence-electron chi connectivity index (χ3n) is 11.3. The molecule has 0 unspecified atom stereocenters. The van der Waals surface area contributed by atoms with Crippen LogP contribution in [0.3, 0.4) is 0 Å². The molecule has 0 spiro atoms. The molecule has 11 rings (SSSR count). The maximum Gasteiger partial charge on any atom is -0.000697 e. The Kier molecular flexibility index (Phi) is 5.61. The second-order valence-electron chi connectivity index (χ2n) is 14.0. The van der Waals surface area contributed by atoms with Crippen LogP contribution in [0.2, 0.25) is 0 Å². The maximum absolute atomic E-state index is 2.52. The predicted molar refractivity (Wildman–Crippen MR) is 217 cm³/mol. The van der Waals surface area contributed by atoms with Crippen molar-refractivity contribution in [2.45, 2.75) is 13.8 Å². The zero-order valence-corrected chi connectivity index (χ0v) is 28.0. The fraction of sp³-hybridized carbons (Fsp3) is 0.0400. The summed E-state index contributed by atoms with van der Waals surface area (Å²) < 4.78 is 0. The standard InChI is InChI=1S/C50H32/c1-29-14-11-15-30(2)43(29)34-26-33-20-12-24-38-44(33)41(27-34)50-46(32-18-7-4-8-19-32)48-39-25-13-23-37-35-21-9-10-22-36(35)40(47(37)39)28-42(48)45(49(38)50)31-16-5-3-6-17-31/h3-28H,1-2H3. The van der Waals surface area contributed by atoms with E-state index in [0.29, 0.717) is 0 Å². The van der Waals surface area contributed by atoms with Crippen LogP contribution in [-0.2, 0) is 0 Å². The molecule has 0 saturated carbocycles. The molecule has 0 aliphatic carbocycles. The monoisotopic (exact) mass is 632 g/mol. The summed E-state index contributed by atoms with van der Waals surface area (Å²) in [6.07, 6.45) is 0. The molecule has 0 fully saturated rings. The van der Waals surface area contributed by atoms with Gasteiger partial charge in [0, 0.05) is 0 Å². The fourth-order valence-electron chi connectivity index (χ4n) is 9.43. The third kappa shape index (κ3) is 3.60. The molecule has 0 N–H and O–H groups in total. The minimum Gasteiger partial charge on any atom is -0.0622 e. The highest BCUT2D eigenvalue weighted by Crippen LogP contribution is 2.55. The molecule has 0 bridgehead atoms. The van der Waals surface area contributed by atoms with E-state index in [9.17, 15) is 0 Å². The van der Waals surface area contributed by atoms with Crippen LogP contribution in [0.25, 0.3) is 109 Å². The first-order valence-electron chi connectivity index (χ1n) is 17.6. The molecule has 0 saturated heterocycles. The topological polar surface area (TPSA) is 0 Å². The molecule has 0 aromatic heterocycles. The molecule has 0 atom stereocenters. The fourth-order valence-corrected chi connectivity index (χ4v) is 9.43. The predicted octanol–water partition coefficient (Wildman–Crippen LogP) is 14.3. The van der Waals surface area contributed by atoms with E-state index in [1.807, 2.05) is 0 Å². The molecular formula is C50H32. The first-order chi connectivity index (χ1) is 24.7. The lowest BCUT2D eigenvalue weighted by atomic mass is 9.83. The van der Waals surface area contributed by atoms with Crippen molar-refractivity contribution in [2.24, 2.45) is 0 Å². The van der Waals surface area contributed by atoms with Gasteiger partial charge < -0.3 is 0 Å². The Bertz CT molecular complexity index is 3110. The zero-order valence-electron chi connectivity index (χ0n) is 28.0. The number of rotatable bonds is 3. The Hall–Kier alpha value is -6.24. The summed E-state index contributed by atoms with van der Waals surface area (Å²) in [5.41, 5.74) is 10.4. The zero-order chi connectivity index (χ0) is 33.1. The van der Waals surface area contributed by atoms with Crippen LogP contribution in [0.1, 0.15) is 11.1 Å². The SMILES string of the molecule is Cc1cccc(C)c1-c1cc2cccc3c4c(-c5ccccc5)c5cc6c7ccccc7c7cccc(c5c(-c5ccccc5)c4c(c1)c23)c76. The summed E-state index contributed by atoms with van der Waals surface area (Å²) in [6, 6.07) is 59.2. The van der Waals surface area contributed by atoms with Gasteiger partial charge in [-0.3, -0.25) is 0 Å². The normalized spacial score (nSPS) is 12.2. The highest BCUT2D eigenvalue weighted by atomic mass is 14.3. The largest absolute Gasteiger partial charge is 0.0622 e. The van der Waals surface area contributed by atoms with Gasteiger partial charge in [-0.1, -0.05) is 140 Å². The van der Waals surface area contributed by atoms with Gasteiger partial charge in [-0.2, -0.15) is 0 Å². The van der Waals surface area contributed by atoms with Gasteiger partial charge in [-0.15, -0.1) is 0 Å². The molecule has 11 aromatic carbocycles. The molecule has 0 heterocycles. The Morgan fingerprint density at radius 1 is 0.260 bits per heavy atom. The molecular weight excluding hydrogens is 601 g/mol. The summed E-state index contributed by atoms with van der Waals surface area (Å²) in [5, 5.41) is 18.6. The van der Waals surface area contributed by atoms with E-state index in [1.165, 1.54) is 120 Å². The van der Waals surface area contributed by atoms with Gasteiger partial charge in [0.25, 0.3) is 0 Å². The van der Waals surface area contributed by atoms with Crippen molar-refractivity contribution in [2.75, 3.05) is 0 Å². The Labute approximate surface area is 290 Å². The molecule has 0 nitrogen and oxygen atoms in total. The van der Waals surface area contributed by atoms with Gasteiger partial charge in [0.05, 0.1) is 0 Å². The molecule has 0 radical (unpaired) electrons. The minimum absolute atomic E-state index is 1.25. The first-order valence-corrected chi connectivity index (χ1v) is 17.6. The molecule has 11 aromatic rings. The lowest BCUT2D eigenvalue weighted by Gasteiger charge is -2.19. The van der Waals surface area contributed by atoms with Gasteiger partial charge in [0.1, 0.15) is 0 Å².